The number of carbonyl (C=O) groups excluding carboxylic acids is 3. The van der Waals surface area contributed by atoms with Gasteiger partial charge in [0, 0.05) is 22.5 Å². The second-order valence-electron chi connectivity index (χ2n) is 7.77. The molecule has 0 saturated carbocycles. The molecule has 3 aromatic carbocycles. The monoisotopic (exact) mass is 468 g/mol. The van der Waals surface area contributed by atoms with Crippen molar-refractivity contribution in [3.05, 3.63) is 107 Å². The zero-order valence-corrected chi connectivity index (χ0v) is 19.3. The lowest BCUT2D eigenvalue weighted by atomic mass is 10.1. The molecule has 0 aliphatic heterocycles. The van der Waals surface area contributed by atoms with Crippen LogP contribution in [0.3, 0.4) is 0 Å². The van der Waals surface area contributed by atoms with Crippen LogP contribution >= 0.6 is 0 Å². The highest BCUT2D eigenvalue weighted by atomic mass is 16.5. The van der Waals surface area contributed by atoms with Gasteiger partial charge >= 0.3 is 5.97 Å². The van der Waals surface area contributed by atoms with E-state index in [9.17, 15) is 14.4 Å². The highest BCUT2D eigenvalue weighted by molar-refractivity contribution is 6.06. The van der Waals surface area contributed by atoms with Crippen LogP contribution in [-0.2, 0) is 4.74 Å². The van der Waals surface area contributed by atoms with E-state index in [1.54, 1.807) is 73.7 Å². The number of hydrogen-bond acceptors (Lipinski definition) is 5. The van der Waals surface area contributed by atoms with Crippen molar-refractivity contribution < 1.29 is 23.5 Å². The third kappa shape index (κ3) is 5.65. The summed E-state index contributed by atoms with van der Waals surface area (Å²) >= 11 is 0. The molecule has 0 unspecified atom stereocenters. The number of benzene rings is 3. The van der Waals surface area contributed by atoms with Crippen molar-refractivity contribution in [2.75, 3.05) is 17.2 Å². The molecule has 4 aromatic rings. The van der Waals surface area contributed by atoms with Gasteiger partial charge in [-0.15, -0.1) is 0 Å². The summed E-state index contributed by atoms with van der Waals surface area (Å²) in [5, 5.41) is 5.63. The Morgan fingerprint density at radius 3 is 2.17 bits per heavy atom. The summed E-state index contributed by atoms with van der Waals surface area (Å²) < 4.78 is 10.7. The summed E-state index contributed by atoms with van der Waals surface area (Å²) in [7, 11) is 0. The van der Waals surface area contributed by atoms with Gasteiger partial charge in [0.2, 0.25) is 0 Å². The number of amides is 2. The molecule has 7 heteroatoms. The first kappa shape index (κ1) is 23.5. The smallest absolute Gasteiger partial charge is 0.338 e. The summed E-state index contributed by atoms with van der Waals surface area (Å²) in [5.74, 6) is -0.428. The Morgan fingerprint density at radius 1 is 0.800 bits per heavy atom. The van der Waals surface area contributed by atoms with Crippen molar-refractivity contribution in [1.82, 2.24) is 0 Å². The van der Waals surface area contributed by atoms with Crippen LogP contribution in [0.2, 0.25) is 0 Å². The molecule has 0 bridgehead atoms. The largest absolute Gasteiger partial charge is 0.462 e. The van der Waals surface area contributed by atoms with Crippen molar-refractivity contribution in [1.29, 1.82) is 0 Å². The van der Waals surface area contributed by atoms with Crippen LogP contribution in [0.5, 0.6) is 0 Å². The van der Waals surface area contributed by atoms with Crippen molar-refractivity contribution in [2.24, 2.45) is 0 Å². The molecule has 2 amide bonds. The van der Waals surface area contributed by atoms with E-state index in [0.29, 0.717) is 34.9 Å². The van der Waals surface area contributed by atoms with Crippen LogP contribution in [0.25, 0.3) is 11.3 Å². The predicted molar refractivity (Wildman–Crippen MR) is 134 cm³/mol. The number of carbonyl (C=O) groups is 3. The minimum Gasteiger partial charge on any atom is -0.462 e. The number of hydrogen-bond donors (Lipinski definition) is 2. The molecule has 7 nitrogen and oxygen atoms in total. The Bertz CT molecular complexity index is 1370. The molecule has 0 spiro atoms. The lowest BCUT2D eigenvalue weighted by Crippen LogP contribution is -2.14. The lowest BCUT2D eigenvalue weighted by Gasteiger charge is -2.09. The summed E-state index contributed by atoms with van der Waals surface area (Å²) in [6, 6.07) is 24.2. The minimum absolute atomic E-state index is 0.129. The average molecular weight is 469 g/mol. The quantitative estimate of drug-likeness (QED) is 0.327. The Hall–Kier alpha value is -4.65. The topological polar surface area (TPSA) is 97.6 Å². The molecule has 35 heavy (non-hydrogen) atoms. The number of nitrogens with one attached hydrogen (secondary N) is 2. The van der Waals surface area contributed by atoms with Crippen LogP contribution in [0.4, 0.5) is 11.4 Å². The van der Waals surface area contributed by atoms with Crippen LogP contribution in [0.1, 0.15) is 43.8 Å². The fourth-order valence-electron chi connectivity index (χ4n) is 3.49. The standard InChI is InChI=1S/C28H24N2O5/c1-3-34-28(33)20-13-11-19(12-14-20)24-15-16-25(35-24)27(32)30-22-9-6-8-21(17-22)29-26(31)23-10-5-4-7-18(23)2/h4-17H,3H2,1-2H3,(H,29,31)(H,30,32). The molecule has 176 valence electrons. The molecule has 1 heterocycles. The van der Waals surface area contributed by atoms with E-state index < -0.39 is 11.9 Å². The van der Waals surface area contributed by atoms with E-state index in [1.165, 1.54) is 0 Å². The van der Waals surface area contributed by atoms with E-state index in [2.05, 4.69) is 10.6 Å². The summed E-state index contributed by atoms with van der Waals surface area (Å²) in [6.07, 6.45) is 0. The van der Waals surface area contributed by atoms with E-state index in [4.69, 9.17) is 9.15 Å². The van der Waals surface area contributed by atoms with Crippen LogP contribution in [0, 0.1) is 6.92 Å². The van der Waals surface area contributed by atoms with Crippen molar-refractivity contribution >= 4 is 29.2 Å². The fourth-order valence-corrected chi connectivity index (χ4v) is 3.49. The second kappa shape index (κ2) is 10.5. The normalized spacial score (nSPS) is 10.5. The van der Waals surface area contributed by atoms with Gasteiger partial charge in [0.05, 0.1) is 12.2 Å². The second-order valence-corrected chi connectivity index (χ2v) is 7.77. The first-order valence-electron chi connectivity index (χ1n) is 11.1. The molecular weight excluding hydrogens is 444 g/mol. The summed E-state index contributed by atoms with van der Waals surface area (Å²) in [5.41, 5.74) is 3.68. The van der Waals surface area contributed by atoms with Gasteiger partial charge < -0.3 is 19.8 Å². The van der Waals surface area contributed by atoms with Gasteiger partial charge in [-0.05, 0) is 67.9 Å². The highest BCUT2D eigenvalue weighted by Gasteiger charge is 2.14. The molecular formula is C28H24N2O5. The highest BCUT2D eigenvalue weighted by Crippen LogP contribution is 2.24. The fraction of sp³-hybridized carbons (Fsp3) is 0.107. The Labute approximate surface area is 202 Å². The molecule has 0 fully saturated rings. The summed E-state index contributed by atoms with van der Waals surface area (Å²) in [6.45, 7) is 3.93. The number of esters is 1. The Morgan fingerprint density at radius 2 is 1.49 bits per heavy atom. The molecule has 1 aromatic heterocycles. The first-order valence-corrected chi connectivity index (χ1v) is 11.1. The maximum Gasteiger partial charge on any atom is 0.338 e. The number of anilines is 2. The molecule has 2 N–H and O–H groups in total. The number of ether oxygens (including phenoxy) is 1. The maximum atomic E-state index is 12.7. The van der Waals surface area contributed by atoms with E-state index >= 15 is 0 Å². The SMILES string of the molecule is CCOC(=O)c1ccc(-c2ccc(C(=O)Nc3cccc(NC(=O)c4ccccc4C)c3)o2)cc1. The van der Waals surface area contributed by atoms with E-state index in [0.717, 1.165) is 11.1 Å². The van der Waals surface area contributed by atoms with E-state index in [1.807, 2.05) is 25.1 Å². The number of aryl methyl sites for hydroxylation is 1. The van der Waals surface area contributed by atoms with Crippen molar-refractivity contribution in [3.63, 3.8) is 0 Å². The molecule has 0 aliphatic carbocycles. The van der Waals surface area contributed by atoms with Gasteiger partial charge in [0.15, 0.2) is 5.76 Å². The molecule has 0 atom stereocenters. The molecule has 0 saturated heterocycles. The van der Waals surface area contributed by atoms with Crippen LogP contribution in [-0.4, -0.2) is 24.4 Å². The van der Waals surface area contributed by atoms with Crippen LogP contribution < -0.4 is 10.6 Å². The zero-order chi connectivity index (χ0) is 24.8. The van der Waals surface area contributed by atoms with Crippen molar-refractivity contribution in [2.45, 2.75) is 13.8 Å². The van der Waals surface area contributed by atoms with Crippen LogP contribution in [0.15, 0.2) is 89.3 Å². The van der Waals surface area contributed by atoms with Gasteiger partial charge in [0.1, 0.15) is 5.76 Å². The number of furan rings is 1. The van der Waals surface area contributed by atoms with Crippen molar-refractivity contribution in [3.8, 4) is 11.3 Å². The van der Waals surface area contributed by atoms with Gasteiger partial charge in [-0.3, -0.25) is 9.59 Å². The molecule has 0 aliphatic rings. The third-order valence-corrected chi connectivity index (χ3v) is 5.28. The predicted octanol–water partition coefficient (Wildman–Crippen LogP) is 5.94. The zero-order valence-electron chi connectivity index (χ0n) is 19.3. The lowest BCUT2D eigenvalue weighted by molar-refractivity contribution is 0.0526. The maximum absolute atomic E-state index is 12.7. The average Bonchev–Trinajstić information content (AvgIpc) is 3.35. The Kier molecular flexibility index (Phi) is 7.07. The van der Waals surface area contributed by atoms with Gasteiger partial charge in [-0.2, -0.15) is 0 Å². The minimum atomic E-state index is -0.429. The summed E-state index contributed by atoms with van der Waals surface area (Å²) in [4.78, 5) is 37.1. The van der Waals surface area contributed by atoms with Gasteiger partial charge in [-0.1, -0.05) is 36.4 Å². The Balaban J connectivity index is 1.42. The first-order chi connectivity index (χ1) is 16.9. The third-order valence-electron chi connectivity index (χ3n) is 5.28. The van der Waals surface area contributed by atoms with Gasteiger partial charge in [0.25, 0.3) is 11.8 Å². The van der Waals surface area contributed by atoms with E-state index in [-0.39, 0.29) is 11.7 Å². The molecule has 0 radical (unpaired) electrons. The number of rotatable bonds is 7. The molecule has 4 rings (SSSR count). The van der Waals surface area contributed by atoms with Gasteiger partial charge in [-0.25, -0.2) is 4.79 Å².